The molecule has 2 bridgehead atoms. The molecule has 140 valence electrons. The molecule has 4 rings (SSSR count). The van der Waals surface area contributed by atoms with Crippen LogP contribution in [0.1, 0.15) is 31.2 Å². The molecule has 0 spiro atoms. The average molecular weight is 395 g/mol. The fourth-order valence-electron chi connectivity index (χ4n) is 3.07. The van der Waals surface area contributed by atoms with Gasteiger partial charge in [-0.2, -0.15) is 0 Å². The number of carbonyl (C=O) groups is 3. The number of benzene rings is 1. The average Bonchev–Trinajstić information content (AvgIpc) is 2.66. The van der Waals surface area contributed by atoms with Gasteiger partial charge in [0.15, 0.2) is 10.7 Å². The van der Waals surface area contributed by atoms with Crippen LogP contribution in [0.3, 0.4) is 0 Å². The van der Waals surface area contributed by atoms with Crippen molar-refractivity contribution in [2.75, 3.05) is 13.7 Å². The van der Waals surface area contributed by atoms with Crippen molar-refractivity contribution >= 4 is 39.4 Å². The van der Waals surface area contributed by atoms with Crippen molar-refractivity contribution in [3.05, 3.63) is 35.9 Å². The molecule has 26 heavy (non-hydrogen) atoms. The summed E-state index contributed by atoms with van der Waals surface area (Å²) in [6.07, 6.45) is 2.74. The third-order valence-corrected chi connectivity index (χ3v) is 7.31. The van der Waals surface area contributed by atoms with E-state index in [1.54, 1.807) is 9.80 Å². The standard InChI is InChI=1S/C18H22N2O4S2/c1-24-14(21)10-6-3-7-11-19-15(22)18-20(16(23)17(19)25-26-18)12-13-8-4-2-5-9-13/h2,4-5,8-9,17-18H,3,6-7,10-12H2,1H3/t17-,18-/m0/s1. The highest BCUT2D eigenvalue weighted by Crippen LogP contribution is 2.47. The summed E-state index contributed by atoms with van der Waals surface area (Å²) in [5.41, 5.74) is 1.03. The molecule has 0 aromatic heterocycles. The van der Waals surface area contributed by atoms with E-state index < -0.39 is 10.7 Å². The summed E-state index contributed by atoms with van der Waals surface area (Å²) in [6, 6.07) is 9.75. The molecule has 0 aliphatic carbocycles. The molecule has 0 unspecified atom stereocenters. The molecule has 2 amide bonds. The number of unbranched alkanes of at least 4 members (excludes halogenated alkanes) is 2. The number of fused-ring (bicyclic) bond motifs is 3. The molecule has 8 heteroatoms. The molecule has 2 atom stereocenters. The van der Waals surface area contributed by atoms with Gasteiger partial charge in [-0.1, -0.05) is 58.3 Å². The van der Waals surface area contributed by atoms with Crippen LogP contribution in [0.5, 0.6) is 0 Å². The maximum absolute atomic E-state index is 12.8. The highest BCUT2D eigenvalue weighted by molar-refractivity contribution is 8.77. The van der Waals surface area contributed by atoms with E-state index in [1.165, 1.54) is 28.7 Å². The van der Waals surface area contributed by atoms with E-state index in [0.717, 1.165) is 24.8 Å². The summed E-state index contributed by atoms with van der Waals surface area (Å²) in [5, 5.41) is -0.894. The van der Waals surface area contributed by atoms with Crippen molar-refractivity contribution in [3.63, 3.8) is 0 Å². The van der Waals surface area contributed by atoms with Crippen molar-refractivity contribution in [1.82, 2.24) is 9.80 Å². The van der Waals surface area contributed by atoms with E-state index in [2.05, 4.69) is 4.74 Å². The first-order chi connectivity index (χ1) is 12.6. The van der Waals surface area contributed by atoms with Gasteiger partial charge in [-0.25, -0.2) is 0 Å². The zero-order valence-electron chi connectivity index (χ0n) is 14.6. The minimum Gasteiger partial charge on any atom is -0.469 e. The number of piperazine rings is 1. The maximum Gasteiger partial charge on any atom is 0.305 e. The Morgan fingerprint density at radius 2 is 1.65 bits per heavy atom. The van der Waals surface area contributed by atoms with Gasteiger partial charge in [-0.15, -0.1) is 0 Å². The summed E-state index contributed by atoms with van der Waals surface area (Å²) in [7, 11) is 4.33. The van der Waals surface area contributed by atoms with Crippen LogP contribution in [0, 0.1) is 0 Å². The van der Waals surface area contributed by atoms with Crippen LogP contribution < -0.4 is 0 Å². The van der Waals surface area contributed by atoms with Crippen molar-refractivity contribution in [2.24, 2.45) is 0 Å². The number of carbonyl (C=O) groups excluding carboxylic acids is 3. The summed E-state index contributed by atoms with van der Waals surface area (Å²) >= 11 is 0. The first kappa shape index (κ1) is 19.1. The molecule has 3 aliphatic heterocycles. The van der Waals surface area contributed by atoms with Gasteiger partial charge in [-0.05, 0) is 18.4 Å². The Balaban J connectivity index is 1.55. The van der Waals surface area contributed by atoms with Crippen molar-refractivity contribution in [1.29, 1.82) is 0 Å². The molecule has 3 heterocycles. The molecule has 0 N–H and O–H groups in total. The van der Waals surface area contributed by atoms with Gasteiger partial charge in [0.25, 0.3) is 11.8 Å². The molecular formula is C18H22N2O4S2. The quantitative estimate of drug-likeness (QED) is 0.384. The van der Waals surface area contributed by atoms with Gasteiger partial charge in [0, 0.05) is 19.5 Å². The monoisotopic (exact) mass is 394 g/mol. The third-order valence-electron chi connectivity index (χ3n) is 4.50. The summed E-state index contributed by atoms with van der Waals surface area (Å²) in [5.74, 6) is -0.184. The highest BCUT2D eigenvalue weighted by Gasteiger charge is 2.51. The molecular weight excluding hydrogens is 372 g/mol. The van der Waals surface area contributed by atoms with Crippen LogP contribution in [0.4, 0.5) is 0 Å². The van der Waals surface area contributed by atoms with Crippen molar-refractivity contribution < 1.29 is 19.1 Å². The van der Waals surface area contributed by atoms with Crippen LogP contribution in [0.25, 0.3) is 0 Å². The molecule has 3 saturated heterocycles. The van der Waals surface area contributed by atoms with E-state index in [1.807, 2.05) is 30.3 Å². The van der Waals surface area contributed by atoms with Gasteiger partial charge < -0.3 is 14.5 Å². The summed E-state index contributed by atoms with van der Waals surface area (Å²) < 4.78 is 4.62. The van der Waals surface area contributed by atoms with Crippen molar-refractivity contribution in [3.8, 4) is 0 Å². The molecule has 0 radical (unpaired) electrons. The second-order valence-corrected chi connectivity index (χ2v) is 8.70. The molecule has 0 saturated carbocycles. The lowest BCUT2D eigenvalue weighted by Gasteiger charge is -2.48. The Morgan fingerprint density at radius 1 is 1.00 bits per heavy atom. The number of hydrogen-bond acceptors (Lipinski definition) is 6. The molecule has 1 aromatic rings. The van der Waals surface area contributed by atoms with Gasteiger partial charge in [-0.3, -0.25) is 14.4 Å². The minimum absolute atomic E-state index is 0.0109. The van der Waals surface area contributed by atoms with Crippen LogP contribution in [0.2, 0.25) is 0 Å². The van der Waals surface area contributed by atoms with E-state index in [-0.39, 0.29) is 17.8 Å². The van der Waals surface area contributed by atoms with Gasteiger partial charge in [0.1, 0.15) is 0 Å². The zero-order chi connectivity index (χ0) is 18.5. The Morgan fingerprint density at radius 3 is 2.35 bits per heavy atom. The SMILES string of the molecule is COC(=O)CCCCCN1C(=O)[C@@H]2SS[C@H]1C(=O)N2Cc1ccccc1. The largest absolute Gasteiger partial charge is 0.469 e. The van der Waals surface area contributed by atoms with Crippen LogP contribution in [-0.2, 0) is 25.7 Å². The lowest BCUT2D eigenvalue weighted by Crippen LogP contribution is -2.64. The van der Waals surface area contributed by atoms with E-state index in [0.29, 0.717) is 19.5 Å². The van der Waals surface area contributed by atoms with Gasteiger partial charge >= 0.3 is 5.97 Å². The smallest absolute Gasteiger partial charge is 0.305 e. The maximum atomic E-state index is 12.8. The molecule has 3 aliphatic rings. The second kappa shape index (κ2) is 8.81. The number of hydrogen-bond donors (Lipinski definition) is 0. The fraction of sp³-hybridized carbons (Fsp3) is 0.500. The predicted octanol–water partition coefficient (Wildman–Crippen LogP) is 2.64. The molecule has 6 nitrogen and oxygen atoms in total. The third kappa shape index (κ3) is 4.17. The highest BCUT2D eigenvalue weighted by atomic mass is 33.1. The van der Waals surface area contributed by atoms with Gasteiger partial charge in [0.2, 0.25) is 0 Å². The summed E-state index contributed by atoms with van der Waals surface area (Å²) in [6.45, 7) is 1.02. The van der Waals surface area contributed by atoms with E-state index >= 15 is 0 Å². The first-order valence-electron chi connectivity index (χ1n) is 8.65. The second-order valence-electron chi connectivity index (χ2n) is 6.27. The van der Waals surface area contributed by atoms with E-state index in [4.69, 9.17) is 0 Å². The number of rotatable bonds is 8. The number of esters is 1. The molecule has 1 aromatic carbocycles. The lowest BCUT2D eigenvalue weighted by molar-refractivity contribution is -0.154. The Kier molecular flexibility index (Phi) is 6.48. The minimum atomic E-state index is -0.451. The lowest BCUT2D eigenvalue weighted by atomic mass is 10.1. The Labute approximate surface area is 161 Å². The Bertz CT molecular complexity index is 670. The number of nitrogens with zero attached hydrogens (tertiary/aromatic N) is 2. The fourth-order valence-corrected chi connectivity index (χ4v) is 6.06. The van der Waals surface area contributed by atoms with E-state index in [9.17, 15) is 14.4 Å². The molecule has 3 fully saturated rings. The number of methoxy groups -OCH3 is 1. The van der Waals surface area contributed by atoms with Crippen LogP contribution in [-0.4, -0.2) is 52.0 Å². The van der Waals surface area contributed by atoms with Crippen LogP contribution in [0.15, 0.2) is 30.3 Å². The number of amides is 2. The van der Waals surface area contributed by atoms with Gasteiger partial charge in [0.05, 0.1) is 7.11 Å². The topological polar surface area (TPSA) is 66.9 Å². The normalized spacial score (nSPS) is 22.0. The predicted molar refractivity (Wildman–Crippen MR) is 102 cm³/mol. The van der Waals surface area contributed by atoms with Crippen LogP contribution >= 0.6 is 21.6 Å². The first-order valence-corrected chi connectivity index (χ1v) is 10.9. The number of ether oxygens (including phenoxy) is 1. The van der Waals surface area contributed by atoms with Crippen molar-refractivity contribution in [2.45, 2.75) is 43.0 Å². The summed E-state index contributed by atoms with van der Waals surface area (Å²) in [4.78, 5) is 40.1. The zero-order valence-corrected chi connectivity index (χ0v) is 16.3. The Hall–Kier alpha value is -1.67.